The maximum absolute atomic E-state index is 12.4. The fraction of sp³-hybridized carbons (Fsp3) is 0.438. The Labute approximate surface area is 149 Å². The average Bonchev–Trinajstić information content (AvgIpc) is 2.82. The van der Waals surface area contributed by atoms with Crippen LogP contribution in [0.15, 0.2) is 28.7 Å². The first-order valence-corrected chi connectivity index (χ1v) is 7.13. The SMILES string of the molecule is CNC(C)CNC(=O)c1oc2ccccc2c1CN(C)C.Cl.Cl. The number of para-hydroxylation sites is 1. The predicted molar refractivity (Wildman–Crippen MR) is 99.0 cm³/mol. The molecule has 1 heterocycles. The van der Waals surface area contributed by atoms with Gasteiger partial charge in [-0.05, 0) is 34.1 Å². The monoisotopic (exact) mass is 361 g/mol. The molecule has 1 unspecified atom stereocenters. The molecule has 0 radical (unpaired) electrons. The van der Waals surface area contributed by atoms with E-state index in [9.17, 15) is 4.79 Å². The lowest BCUT2D eigenvalue weighted by Gasteiger charge is -2.12. The predicted octanol–water partition coefficient (Wildman–Crippen LogP) is 2.68. The van der Waals surface area contributed by atoms with Crippen LogP contribution in [0.3, 0.4) is 0 Å². The van der Waals surface area contributed by atoms with Crippen molar-refractivity contribution in [1.29, 1.82) is 0 Å². The van der Waals surface area contributed by atoms with Crippen molar-refractivity contribution in [2.75, 3.05) is 27.7 Å². The van der Waals surface area contributed by atoms with Gasteiger partial charge < -0.3 is 20.0 Å². The van der Waals surface area contributed by atoms with Gasteiger partial charge in [-0.15, -0.1) is 24.8 Å². The van der Waals surface area contributed by atoms with Crippen molar-refractivity contribution in [2.24, 2.45) is 0 Å². The number of rotatable bonds is 6. The summed E-state index contributed by atoms with van der Waals surface area (Å²) in [6.07, 6.45) is 0. The Morgan fingerprint density at radius 3 is 2.52 bits per heavy atom. The molecule has 5 nitrogen and oxygen atoms in total. The van der Waals surface area contributed by atoms with Crippen LogP contribution in [-0.2, 0) is 6.54 Å². The van der Waals surface area contributed by atoms with Crippen LogP contribution in [0.4, 0.5) is 0 Å². The second-order valence-electron chi connectivity index (χ2n) is 5.54. The van der Waals surface area contributed by atoms with Gasteiger partial charge in [0, 0.05) is 30.1 Å². The normalized spacial score (nSPS) is 11.7. The summed E-state index contributed by atoms with van der Waals surface area (Å²) in [6.45, 7) is 3.24. The van der Waals surface area contributed by atoms with E-state index in [2.05, 4.69) is 10.6 Å². The van der Waals surface area contributed by atoms with Crippen molar-refractivity contribution in [2.45, 2.75) is 19.5 Å². The van der Waals surface area contributed by atoms with E-state index in [-0.39, 0.29) is 36.8 Å². The summed E-state index contributed by atoms with van der Waals surface area (Å²) in [7, 11) is 5.83. The van der Waals surface area contributed by atoms with E-state index in [0.29, 0.717) is 18.8 Å². The van der Waals surface area contributed by atoms with Gasteiger partial charge in [-0.2, -0.15) is 0 Å². The molecule has 0 saturated heterocycles. The van der Waals surface area contributed by atoms with Gasteiger partial charge in [0.15, 0.2) is 5.76 Å². The molecule has 0 spiro atoms. The molecule has 0 fully saturated rings. The number of likely N-dealkylation sites (N-methyl/N-ethyl adjacent to an activating group) is 1. The van der Waals surface area contributed by atoms with Crippen molar-refractivity contribution in [1.82, 2.24) is 15.5 Å². The van der Waals surface area contributed by atoms with Crippen LogP contribution in [0.2, 0.25) is 0 Å². The lowest BCUT2D eigenvalue weighted by molar-refractivity contribution is 0.0923. The zero-order chi connectivity index (χ0) is 15.4. The van der Waals surface area contributed by atoms with Gasteiger partial charge >= 0.3 is 0 Å². The minimum Gasteiger partial charge on any atom is -0.451 e. The van der Waals surface area contributed by atoms with E-state index in [1.54, 1.807) is 0 Å². The summed E-state index contributed by atoms with van der Waals surface area (Å²) >= 11 is 0. The molecule has 0 saturated carbocycles. The largest absolute Gasteiger partial charge is 0.451 e. The number of hydrogen-bond acceptors (Lipinski definition) is 4. The van der Waals surface area contributed by atoms with Crippen LogP contribution in [0.25, 0.3) is 11.0 Å². The van der Waals surface area contributed by atoms with E-state index in [1.165, 1.54) is 0 Å². The third-order valence-electron chi connectivity index (χ3n) is 3.44. The van der Waals surface area contributed by atoms with Gasteiger partial charge in [-0.1, -0.05) is 18.2 Å². The topological polar surface area (TPSA) is 57.5 Å². The van der Waals surface area contributed by atoms with Crippen molar-refractivity contribution < 1.29 is 9.21 Å². The van der Waals surface area contributed by atoms with Gasteiger partial charge in [0.1, 0.15) is 5.58 Å². The van der Waals surface area contributed by atoms with Crippen LogP contribution in [0, 0.1) is 0 Å². The minimum atomic E-state index is -0.162. The number of halogens is 2. The molecule has 0 aliphatic heterocycles. The van der Waals surface area contributed by atoms with Crippen molar-refractivity contribution in [3.05, 3.63) is 35.6 Å². The van der Waals surface area contributed by atoms with E-state index in [0.717, 1.165) is 16.5 Å². The Kier molecular flexibility index (Phi) is 9.24. The highest BCUT2D eigenvalue weighted by Crippen LogP contribution is 2.26. The highest BCUT2D eigenvalue weighted by atomic mass is 35.5. The second kappa shape index (κ2) is 9.78. The summed E-state index contributed by atoms with van der Waals surface area (Å²) in [6, 6.07) is 7.97. The van der Waals surface area contributed by atoms with Crippen LogP contribution in [0.1, 0.15) is 23.0 Å². The van der Waals surface area contributed by atoms with Crippen LogP contribution >= 0.6 is 24.8 Å². The molecule has 1 atom stereocenters. The number of hydrogen-bond donors (Lipinski definition) is 2. The second-order valence-corrected chi connectivity index (χ2v) is 5.54. The summed E-state index contributed by atoms with van der Waals surface area (Å²) in [5.41, 5.74) is 1.69. The zero-order valence-electron chi connectivity index (χ0n) is 13.9. The molecular formula is C16H25Cl2N3O2. The van der Waals surface area contributed by atoms with Gasteiger partial charge in [0.2, 0.25) is 0 Å². The average molecular weight is 362 g/mol. The number of benzene rings is 1. The summed E-state index contributed by atoms with van der Waals surface area (Å²) in [4.78, 5) is 14.4. The van der Waals surface area contributed by atoms with Crippen LogP contribution < -0.4 is 10.6 Å². The number of fused-ring (bicyclic) bond motifs is 1. The third-order valence-corrected chi connectivity index (χ3v) is 3.44. The van der Waals surface area contributed by atoms with Gasteiger partial charge in [-0.3, -0.25) is 4.79 Å². The quantitative estimate of drug-likeness (QED) is 0.830. The number of nitrogens with one attached hydrogen (secondary N) is 2. The molecule has 1 amide bonds. The Morgan fingerprint density at radius 1 is 1.26 bits per heavy atom. The Morgan fingerprint density at radius 2 is 1.91 bits per heavy atom. The standard InChI is InChI=1S/C16H23N3O2.2ClH/c1-11(17-2)9-18-16(20)15-13(10-19(3)4)12-7-5-6-8-14(12)21-15;;/h5-8,11,17H,9-10H2,1-4H3,(H,18,20);2*1H. The van der Waals surface area contributed by atoms with Gasteiger partial charge in [-0.25, -0.2) is 0 Å². The molecule has 0 aliphatic carbocycles. The highest BCUT2D eigenvalue weighted by molar-refractivity contribution is 5.99. The van der Waals surface area contributed by atoms with Crippen molar-refractivity contribution in [3.63, 3.8) is 0 Å². The highest BCUT2D eigenvalue weighted by Gasteiger charge is 2.20. The van der Waals surface area contributed by atoms with Crippen molar-refractivity contribution >= 4 is 41.7 Å². The molecule has 0 aliphatic rings. The summed E-state index contributed by atoms with van der Waals surface area (Å²) < 4.78 is 5.77. The molecule has 1 aromatic heterocycles. The summed E-state index contributed by atoms with van der Waals surface area (Å²) in [5, 5.41) is 7.00. The fourth-order valence-electron chi connectivity index (χ4n) is 2.18. The summed E-state index contributed by atoms with van der Waals surface area (Å²) in [5.74, 6) is 0.248. The van der Waals surface area contributed by atoms with E-state index in [1.807, 2.05) is 57.2 Å². The number of furan rings is 1. The number of carbonyl (C=O) groups excluding carboxylic acids is 1. The number of carbonyl (C=O) groups is 1. The van der Waals surface area contributed by atoms with Gasteiger partial charge in [0.05, 0.1) is 0 Å². The smallest absolute Gasteiger partial charge is 0.287 e. The lowest BCUT2D eigenvalue weighted by atomic mass is 10.1. The van der Waals surface area contributed by atoms with E-state index < -0.39 is 0 Å². The first-order valence-electron chi connectivity index (χ1n) is 7.13. The maximum atomic E-state index is 12.4. The van der Waals surface area contributed by atoms with E-state index >= 15 is 0 Å². The van der Waals surface area contributed by atoms with Gasteiger partial charge in [0.25, 0.3) is 5.91 Å². The maximum Gasteiger partial charge on any atom is 0.287 e. The first-order chi connectivity index (χ1) is 10.0. The molecule has 2 N–H and O–H groups in total. The lowest BCUT2D eigenvalue weighted by Crippen LogP contribution is -2.37. The fourth-order valence-corrected chi connectivity index (χ4v) is 2.18. The zero-order valence-corrected chi connectivity index (χ0v) is 15.5. The first kappa shape index (κ1) is 21.7. The Balaban J connectivity index is 0.00000242. The number of amides is 1. The Bertz CT molecular complexity index is 629. The molecule has 130 valence electrons. The van der Waals surface area contributed by atoms with Crippen LogP contribution in [-0.4, -0.2) is 44.5 Å². The molecule has 0 bridgehead atoms. The van der Waals surface area contributed by atoms with Crippen LogP contribution in [0.5, 0.6) is 0 Å². The minimum absolute atomic E-state index is 0. The molecule has 2 aromatic rings. The molecule has 2 rings (SSSR count). The molecular weight excluding hydrogens is 337 g/mol. The van der Waals surface area contributed by atoms with E-state index in [4.69, 9.17) is 4.42 Å². The Hall–Kier alpha value is -1.27. The molecule has 23 heavy (non-hydrogen) atoms. The van der Waals surface area contributed by atoms with Crippen molar-refractivity contribution in [3.8, 4) is 0 Å². The molecule has 1 aromatic carbocycles. The molecule has 7 heteroatoms. The third kappa shape index (κ3) is 5.39. The number of nitrogens with zero attached hydrogens (tertiary/aromatic N) is 1.